The van der Waals surface area contributed by atoms with E-state index >= 15 is 0 Å². The summed E-state index contributed by atoms with van der Waals surface area (Å²) >= 11 is 0. The Morgan fingerprint density at radius 3 is 2.56 bits per heavy atom. The van der Waals surface area contributed by atoms with Crippen molar-refractivity contribution in [1.82, 2.24) is 4.90 Å². The second-order valence-electron chi connectivity index (χ2n) is 4.68. The predicted octanol–water partition coefficient (Wildman–Crippen LogP) is 1.21. The molecule has 2 N–H and O–H groups in total. The Morgan fingerprint density at radius 1 is 1.22 bits per heavy atom. The van der Waals surface area contributed by atoms with Crippen LogP contribution in [-0.4, -0.2) is 35.7 Å². The first kappa shape index (κ1) is 12.8. The molecule has 1 aromatic rings. The quantitative estimate of drug-likeness (QED) is 0.812. The normalized spacial score (nSPS) is 18.9. The summed E-state index contributed by atoms with van der Waals surface area (Å²) in [5.74, 6) is 0.0553. The number of benzene rings is 1. The summed E-state index contributed by atoms with van der Waals surface area (Å²) in [4.78, 5) is 25.4. The monoisotopic (exact) mass is 246 g/mol. The average Bonchev–Trinajstić information content (AvgIpc) is 2.83. The molecule has 1 fully saturated rings. The highest BCUT2D eigenvalue weighted by molar-refractivity contribution is 5.97. The lowest BCUT2D eigenvalue weighted by Gasteiger charge is -2.15. The molecule has 4 heteroatoms. The lowest BCUT2D eigenvalue weighted by Crippen LogP contribution is -2.32. The van der Waals surface area contributed by atoms with Crippen molar-refractivity contribution in [2.24, 2.45) is 5.73 Å². The fraction of sp³-hybridized carbons (Fsp3) is 0.429. The topological polar surface area (TPSA) is 63.4 Å². The number of carbonyl (C=O) groups excluding carboxylic acids is 2. The van der Waals surface area contributed by atoms with E-state index in [2.05, 4.69) is 0 Å². The summed E-state index contributed by atoms with van der Waals surface area (Å²) in [6, 6.07) is 9.17. The van der Waals surface area contributed by atoms with Crippen LogP contribution in [0, 0.1) is 0 Å². The van der Waals surface area contributed by atoms with Gasteiger partial charge in [-0.15, -0.1) is 0 Å². The molecule has 0 spiro atoms. The zero-order valence-corrected chi connectivity index (χ0v) is 10.3. The van der Waals surface area contributed by atoms with E-state index in [0.717, 1.165) is 13.0 Å². The van der Waals surface area contributed by atoms with Gasteiger partial charge in [-0.25, -0.2) is 0 Å². The van der Waals surface area contributed by atoms with Crippen LogP contribution < -0.4 is 5.73 Å². The molecule has 1 amide bonds. The smallest absolute Gasteiger partial charge is 0.223 e. The number of rotatable bonds is 4. The van der Waals surface area contributed by atoms with Gasteiger partial charge in [-0.1, -0.05) is 30.3 Å². The highest BCUT2D eigenvalue weighted by Gasteiger charge is 2.23. The lowest BCUT2D eigenvalue weighted by molar-refractivity contribution is -0.130. The van der Waals surface area contributed by atoms with E-state index in [-0.39, 0.29) is 30.6 Å². The molecule has 0 bridgehead atoms. The molecule has 4 nitrogen and oxygen atoms in total. The molecule has 0 aliphatic carbocycles. The number of Topliss-reactive ketones (excluding diaryl/α,β-unsaturated/α-hetero) is 1. The number of hydrogen-bond acceptors (Lipinski definition) is 3. The van der Waals surface area contributed by atoms with Crippen molar-refractivity contribution >= 4 is 11.7 Å². The molecule has 1 heterocycles. The molecule has 96 valence electrons. The van der Waals surface area contributed by atoms with Crippen LogP contribution in [0.3, 0.4) is 0 Å². The number of ketones is 1. The van der Waals surface area contributed by atoms with Crippen LogP contribution in [0.1, 0.15) is 29.6 Å². The van der Waals surface area contributed by atoms with E-state index in [1.54, 1.807) is 17.0 Å². The summed E-state index contributed by atoms with van der Waals surface area (Å²) in [6.07, 6.45) is 1.41. The summed E-state index contributed by atoms with van der Waals surface area (Å²) in [6.45, 7) is 1.35. The first-order valence-electron chi connectivity index (χ1n) is 6.28. The third-order valence-corrected chi connectivity index (χ3v) is 3.24. The van der Waals surface area contributed by atoms with Crippen LogP contribution in [-0.2, 0) is 4.79 Å². The van der Waals surface area contributed by atoms with Crippen molar-refractivity contribution in [1.29, 1.82) is 0 Å². The fourth-order valence-electron chi connectivity index (χ4n) is 2.16. The molecule has 18 heavy (non-hydrogen) atoms. The molecule has 0 aromatic heterocycles. The maximum absolute atomic E-state index is 11.8. The second kappa shape index (κ2) is 5.78. The molecule has 0 radical (unpaired) electrons. The van der Waals surface area contributed by atoms with Crippen LogP contribution in [0.4, 0.5) is 0 Å². The van der Waals surface area contributed by atoms with Crippen LogP contribution >= 0.6 is 0 Å². The number of amides is 1. The Morgan fingerprint density at radius 2 is 1.94 bits per heavy atom. The molecule has 1 aliphatic rings. The lowest BCUT2D eigenvalue weighted by atomic mass is 10.1. The number of hydrogen-bond donors (Lipinski definition) is 1. The van der Waals surface area contributed by atoms with E-state index in [4.69, 9.17) is 5.73 Å². The molecule has 1 aromatic carbocycles. The van der Waals surface area contributed by atoms with Crippen LogP contribution in [0.15, 0.2) is 30.3 Å². The molecule has 1 unspecified atom stereocenters. The maximum Gasteiger partial charge on any atom is 0.223 e. The Labute approximate surface area is 107 Å². The van der Waals surface area contributed by atoms with Crippen LogP contribution in [0.5, 0.6) is 0 Å². The van der Waals surface area contributed by atoms with Crippen LogP contribution in [0.25, 0.3) is 0 Å². The zero-order chi connectivity index (χ0) is 13.0. The second-order valence-corrected chi connectivity index (χ2v) is 4.68. The summed E-state index contributed by atoms with van der Waals surface area (Å²) in [5.41, 5.74) is 6.42. The van der Waals surface area contributed by atoms with Gasteiger partial charge < -0.3 is 10.6 Å². The summed E-state index contributed by atoms with van der Waals surface area (Å²) < 4.78 is 0. The summed E-state index contributed by atoms with van der Waals surface area (Å²) in [7, 11) is 0. The molecular formula is C14H18N2O2. The van der Waals surface area contributed by atoms with Gasteiger partial charge in [0.1, 0.15) is 0 Å². The molecule has 1 saturated heterocycles. The SMILES string of the molecule is NC1CCN(C(=O)CCC(=O)c2ccccc2)C1. The van der Waals surface area contributed by atoms with E-state index < -0.39 is 0 Å². The van der Waals surface area contributed by atoms with Gasteiger partial charge in [0.05, 0.1) is 0 Å². The van der Waals surface area contributed by atoms with Crippen molar-refractivity contribution < 1.29 is 9.59 Å². The number of likely N-dealkylation sites (tertiary alicyclic amines) is 1. The van der Waals surface area contributed by atoms with Crippen LogP contribution in [0.2, 0.25) is 0 Å². The van der Waals surface area contributed by atoms with E-state index in [0.29, 0.717) is 12.1 Å². The number of nitrogens with zero attached hydrogens (tertiary/aromatic N) is 1. The van der Waals surface area contributed by atoms with Crippen molar-refractivity contribution in [3.05, 3.63) is 35.9 Å². The van der Waals surface area contributed by atoms with Gasteiger partial charge in [0.15, 0.2) is 5.78 Å². The maximum atomic E-state index is 11.8. The van der Waals surface area contributed by atoms with Crippen molar-refractivity contribution in [2.75, 3.05) is 13.1 Å². The Kier molecular flexibility index (Phi) is 4.10. The molecular weight excluding hydrogens is 228 g/mol. The minimum atomic E-state index is 0.0208. The highest BCUT2D eigenvalue weighted by Crippen LogP contribution is 2.11. The van der Waals surface area contributed by atoms with Gasteiger partial charge in [0.2, 0.25) is 5.91 Å². The standard InChI is InChI=1S/C14H18N2O2/c15-12-8-9-16(10-12)14(18)7-6-13(17)11-4-2-1-3-5-11/h1-5,12H,6-10,15H2. The number of carbonyl (C=O) groups is 2. The Balaban J connectivity index is 1.81. The minimum absolute atomic E-state index is 0.0208. The van der Waals surface area contributed by atoms with Gasteiger partial charge in [-0.3, -0.25) is 9.59 Å². The predicted molar refractivity (Wildman–Crippen MR) is 69.2 cm³/mol. The van der Waals surface area contributed by atoms with Crippen molar-refractivity contribution in [2.45, 2.75) is 25.3 Å². The minimum Gasteiger partial charge on any atom is -0.341 e. The molecule has 1 aliphatic heterocycles. The number of nitrogens with two attached hydrogens (primary N) is 1. The molecule has 1 atom stereocenters. The van der Waals surface area contributed by atoms with E-state index in [1.807, 2.05) is 18.2 Å². The Hall–Kier alpha value is -1.68. The highest BCUT2D eigenvalue weighted by atomic mass is 16.2. The molecule has 0 saturated carbocycles. The van der Waals surface area contributed by atoms with Crippen molar-refractivity contribution in [3.8, 4) is 0 Å². The van der Waals surface area contributed by atoms with Gasteiger partial charge in [0.25, 0.3) is 0 Å². The first-order valence-corrected chi connectivity index (χ1v) is 6.28. The zero-order valence-electron chi connectivity index (χ0n) is 10.3. The van der Waals surface area contributed by atoms with Crippen molar-refractivity contribution in [3.63, 3.8) is 0 Å². The third kappa shape index (κ3) is 3.17. The first-order chi connectivity index (χ1) is 8.66. The van der Waals surface area contributed by atoms with Gasteiger partial charge in [-0.2, -0.15) is 0 Å². The van der Waals surface area contributed by atoms with Gasteiger partial charge in [-0.05, 0) is 6.42 Å². The van der Waals surface area contributed by atoms with E-state index in [9.17, 15) is 9.59 Å². The third-order valence-electron chi connectivity index (χ3n) is 3.24. The largest absolute Gasteiger partial charge is 0.341 e. The molecule has 2 rings (SSSR count). The summed E-state index contributed by atoms with van der Waals surface area (Å²) in [5, 5.41) is 0. The fourth-order valence-corrected chi connectivity index (χ4v) is 2.16. The van der Waals surface area contributed by atoms with Gasteiger partial charge in [0, 0.05) is 37.5 Å². The van der Waals surface area contributed by atoms with Gasteiger partial charge >= 0.3 is 0 Å². The van der Waals surface area contributed by atoms with E-state index in [1.165, 1.54) is 0 Å². The average molecular weight is 246 g/mol. The Bertz CT molecular complexity index is 431.